The first-order chi connectivity index (χ1) is 14.9. The summed E-state index contributed by atoms with van der Waals surface area (Å²) < 4.78 is 1.63. The fourth-order valence-electron chi connectivity index (χ4n) is 3.45. The number of nitrogens with zero attached hydrogens (tertiary/aromatic N) is 3. The van der Waals surface area contributed by atoms with E-state index < -0.39 is 17.5 Å². The standard InChI is InChI=1S/C23H35N5O3S/c1-15(2)27(16(3)4)12-13-28-20(30)17-10-8-9-11-18(17)24-22(28)32-14-19(29)25-21(31)26-23(5,6)7/h8-11,15-16H,12-14H2,1-7H3,(H2,25,26,29,31). The third-order valence-corrected chi connectivity index (χ3v) is 5.79. The number of amides is 3. The highest BCUT2D eigenvalue weighted by Crippen LogP contribution is 2.18. The smallest absolute Gasteiger partial charge is 0.321 e. The normalized spacial score (nSPS) is 12.1. The average Bonchev–Trinajstić information content (AvgIpc) is 2.66. The number of carbonyl (C=O) groups excluding carboxylic acids is 2. The Hall–Kier alpha value is -2.39. The van der Waals surface area contributed by atoms with Crippen LogP contribution in [0.1, 0.15) is 48.5 Å². The molecule has 0 saturated heterocycles. The second kappa shape index (κ2) is 11.0. The van der Waals surface area contributed by atoms with Gasteiger partial charge >= 0.3 is 6.03 Å². The Labute approximate surface area is 194 Å². The Balaban J connectivity index is 2.24. The second-order valence-electron chi connectivity index (χ2n) is 9.33. The summed E-state index contributed by atoms with van der Waals surface area (Å²) in [7, 11) is 0. The molecule has 2 N–H and O–H groups in total. The number of hydrogen-bond acceptors (Lipinski definition) is 6. The van der Waals surface area contributed by atoms with Gasteiger partial charge in [-0.1, -0.05) is 23.9 Å². The molecule has 0 unspecified atom stereocenters. The molecule has 0 aliphatic carbocycles. The number of thioether (sulfide) groups is 1. The minimum absolute atomic E-state index is 0.0274. The van der Waals surface area contributed by atoms with Crippen LogP contribution in [0.2, 0.25) is 0 Å². The van der Waals surface area contributed by atoms with Crippen LogP contribution in [0.3, 0.4) is 0 Å². The van der Waals surface area contributed by atoms with Gasteiger partial charge in [0, 0.05) is 30.7 Å². The van der Waals surface area contributed by atoms with Crippen LogP contribution < -0.4 is 16.2 Å². The fourth-order valence-corrected chi connectivity index (χ4v) is 4.27. The van der Waals surface area contributed by atoms with E-state index in [1.807, 2.05) is 32.9 Å². The molecule has 2 rings (SSSR count). The number of hydrogen-bond donors (Lipinski definition) is 2. The molecule has 1 aromatic heterocycles. The molecular weight excluding hydrogens is 426 g/mol. The molecule has 0 aliphatic heterocycles. The van der Waals surface area contributed by atoms with E-state index in [2.05, 4.69) is 48.2 Å². The topological polar surface area (TPSA) is 96.3 Å². The van der Waals surface area contributed by atoms with Crippen LogP contribution >= 0.6 is 11.8 Å². The predicted octanol–water partition coefficient (Wildman–Crippen LogP) is 3.23. The van der Waals surface area contributed by atoms with Gasteiger partial charge in [-0.25, -0.2) is 9.78 Å². The van der Waals surface area contributed by atoms with E-state index in [-0.39, 0.29) is 11.3 Å². The highest BCUT2D eigenvalue weighted by atomic mass is 32.2. The van der Waals surface area contributed by atoms with Gasteiger partial charge in [0.2, 0.25) is 5.91 Å². The molecule has 1 aromatic carbocycles. The zero-order valence-electron chi connectivity index (χ0n) is 20.1. The van der Waals surface area contributed by atoms with Crippen LogP contribution in [-0.4, -0.2) is 56.3 Å². The van der Waals surface area contributed by atoms with E-state index in [9.17, 15) is 14.4 Å². The molecule has 9 heteroatoms. The number of carbonyl (C=O) groups is 2. The Bertz CT molecular complexity index is 1000. The van der Waals surface area contributed by atoms with E-state index in [0.717, 1.165) is 11.8 Å². The average molecular weight is 462 g/mol. The van der Waals surface area contributed by atoms with Gasteiger partial charge in [-0.3, -0.25) is 24.4 Å². The van der Waals surface area contributed by atoms with Crippen LogP contribution in [0.4, 0.5) is 4.79 Å². The first-order valence-electron chi connectivity index (χ1n) is 10.9. The minimum Gasteiger partial charge on any atom is -0.333 e. The Kier molecular flexibility index (Phi) is 8.86. The van der Waals surface area contributed by atoms with Crippen molar-refractivity contribution in [2.75, 3.05) is 12.3 Å². The monoisotopic (exact) mass is 461 g/mol. The minimum atomic E-state index is -0.545. The molecule has 2 aromatic rings. The molecule has 0 spiro atoms. The lowest BCUT2D eigenvalue weighted by Gasteiger charge is -2.30. The fraction of sp³-hybridized carbons (Fsp3) is 0.565. The van der Waals surface area contributed by atoms with Crippen molar-refractivity contribution < 1.29 is 9.59 Å². The lowest BCUT2D eigenvalue weighted by atomic mass is 10.1. The maximum absolute atomic E-state index is 13.2. The van der Waals surface area contributed by atoms with Gasteiger partial charge in [0.15, 0.2) is 5.16 Å². The lowest BCUT2D eigenvalue weighted by molar-refractivity contribution is -0.117. The summed E-state index contributed by atoms with van der Waals surface area (Å²) in [5, 5.41) is 6.03. The third kappa shape index (κ3) is 7.34. The molecule has 0 fully saturated rings. The molecule has 0 radical (unpaired) electrons. The highest BCUT2D eigenvalue weighted by Gasteiger charge is 2.19. The number of benzene rings is 1. The maximum atomic E-state index is 13.2. The molecule has 0 aliphatic rings. The van der Waals surface area contributed by atoms with E-state index in [1.165, 1.54) is 0 Å². The number of para-hydroxylation sites is 1. The van der Waals surface area contributed by atoms with Gasteiger partial charge in [0.05, 0.1) is 16.7 Å². The number of fused-ring (bicyclic) bond motifs is 1. The SMILES string of the molecule is CC(C)N(CCn1c(SCC(=O)NC(=O)NC(C)(C)C)nc2ccccc2c1=O)C(C)C. The van der Waals surface area contributed by atoms with Gasteiger partial charge in [0.25, 0.3) is 5.56 Å². The largest absolute Gasteiger partial charge is 0.333 e. The van der Waals surface area contributed by atoms with Gasteiger partial charge in [-0.05, 0) is 60.6 Å². The molecule has 0 bridgehead atoms. The van der Waals surface area contributed by atoms with Gasteiger partial charge in [0.1, 0.15) is 0 Å². The number of imide groups is 1. The third-order valence-electron chi connectivity index (χ3n) is 4.81. The number of urea groups is 1. The van der Waals surface area contributed by atoms with Crippen molar-refractivity contribution in [3.63, 3.8) is 0 Å². The van der Waals surface area contributed by atoms with Crippen molar-refractivity contribution in [1.29, 1.82) is 0 Å². The van der Waals surface area contributed by atoms with E-state index in [0.29, 0.717) is 41.2 Å². The van der Waals surface area contributed by atoms with Crippen LogP contribution in [0, 0.1) is 0 Å². The van der Waals surface area contributed by atoms with Crippen LogP contribution in [0.25, 0.3) is 10.9 Å². The Morgan fingerprint density at radius 3 is 2.34 bits per heavy atom. The van der Waals surface area contributed by atoms with Crippen molar-refractivity contribution in [2.24, 2.45) is 0 Å². The molecule has 3 amide bonds. The number of nitrogens with one attached hydrogen (secondary N) is 2. The summed E-state index contributed by atoms with van der Waals surface area (Å²) in [6.07, 6.45) is 0. The molecule has 0 saturated carbocycles. The zero-order chi connectivity index (χ0) is 24.1. The quantitative estimate of drug-likeness (QED) is 0.463. The van der Waals surface area contributed by atoms with E-state index in [1.54, 1.807) is 16.7 Å². The molecular formula is C23H35N5O3S. The molecule has 1 heterocycles. The summed E-state index contributed by atoms with van der Waals surface area (Å²) in [5.41, 5.74) is 0.0134. The zero-order valence-corrected chi connectivity index (χ0v) is 20.9. The highest BCUT2D eigenvalue weighted by molar-refractivity contribution is 7.99. The number of aromatic nitrogens is 2. The molecule has 32 heavy (non-hydrogen) atoms. The van der Waals surface area contributed by atoms with Crippen LogP contribution in [-0.2, 0) is 11.3 Å². The summed E-state index contributed by atoms with van der Waals surface area (Å²) in [4.78, 5) is 44.4. The molecule has 8 nitrogen and oxygen atoms in total. The second-order valence-corrected chi connectivity index (χ2v) is 10.3. The summed E-state index contributed by atoms with van der Waals surface area (Å²) >= 11 is 1.15. The Morgan fingerprint density at radius 2 is 1.75 bits per heavy atom. The van der Waals surface area contributed by atoms with Crippen molar-refractivity contribution in [1.82, 2.24) is 25.1 Å². The van der Waals surface area contributed by atoms with Crippen LogP contribution in [0.15, 0.2) is 34.2 Å². The first kappa shape index (κ1) is 25.9. The summed E-state index contributed by atoms with van der Waals surface area (Å²) in [6, 6.07) is 7.33. The van der Waals surface area contributed by atoms with Crippen molar-refractivity contribution >= 4 is 34.6 Å². The van der Waals surface area contributed by atoms with Gasteiger partial charge in [-0.15, -0.1) is 0 Å². The van der Waals surface area contributed by atoms with Gasteiger partial charge in [-0.2, -0.15) is 0 Å². The summed E-state index contributed by atoms with van der Waals surface area (Å²) in [5.74, 6) is -0.475. The molecule has 0 atom stereocenters. The van der Waals surface area contributed by atoms with Crippen molar-refractivity contribution in [3.8, 4) is 0 Å². The number of rotatable bonds is 8. The van der Waals surface area contributed by atoms with E-state index in [4.69, 9.17) is 0 Å². The Morgan fingerprint density at radius 1 is 1.12 bits per heavy atom. The summed E-state index contributed by atoms with van der Waals surface area (Å²) in [6.45, 7) is 15.2. The molecule has 176 valence electrons. The van der Waals surface area contributed by atoms with Gasteiger partial charge < -0.3 is 5.32 Å². The van der Waals surface area contributed by atoms with Crippen molar-refractivity contribution in [3.05, 3.63) is 34.6 Å². The van der Waals surface area contributed by atoms with E-state index >= 15 is 0 Å². The van der Waals surface area contributed by atoms with Crippen LogP contribution in [0.5, 0.6) is 0 Å². The maximum Gasteiger partial charge on any atom is 0.321 e. The lowest BCUT2D eigenvalue weighted by Crippen LogP contribution is -2.48. The van der Waals surface area contributed by atoms with Crippen molar-refractivity contribution in [2.45, 2.75) is 77.8 Å². The first-order valence-corrected chi connectivity index (χ1v) is 11.9. The predicted molar refractivity (Wildman–Crippen MR) is 130 cm³/mol.